The third-order valence-corrected chi connectivity index (χ3v) is 6.64. The minimum atomic E-state index is -1.01. The van der Waals surface area contributed by atoms with Crippen LogP contribution in [-0.4, -0.2) is 48.9 Å². The Morgan fingerprint density at radius 3 is 2.58 bits per heavy atom. The molecule has 0 fully saturated rings. The van der Waals surface area contributed by atoms with Crippen molar-refractivity contribution in [2.45, 2.75) is 25.5 Å². The number of nitrogens with one attached hydrogen (secondary N) is 2. The van der Waals surface area contributed by atoms with Crippen molar-refractivity contribution in [1.82, 2.24) is 25.1 Å². The fraction of sp³-hybridized carbons (Fsp3) is 0.179. The lowest BCUT2D eigenvalue weighted by Crippen LogP contribution is -2.28. The minimum Gasteiger partial charge on any atom is -0.423 e. The van der Waals surface area contributed by atoms with E-state index >= 15 is 0 Å². The third kappa shape index (κ3) is 5.03. The van der Waals surface area contributed by atoms with Crippen LogP contribution in [0.3, 0.4) is 0 Å². The Kier molecular flexibility index (Phi) is 6.72. The number of nitrogens with zero attached hydrogens (tertiary/aromatic N) is 5. The number of fused-ring (bicyclic) bond motifs is 1. The highest BCUT2D eigenvalue weighted by atomic mass is 16.5. The van der Waals surface area contributed by atoms with Crippen LogP contribution in [0.1, 0.15) is 31.1 Å². The van der Waals surface area contributed by atoms with E-state index in [-0.39, 0.29) is 12.5 Å². The molecule has 1 aliphatic rings. The van der Waals surface area contributed by atoms with Gasteiger partial charge in [-0.15, -0.1) is 0 Å². The van der Waals surface area contributed by atoms with E-state index in [1.165, 1.54) is 0 Å². The molecule has 0 saturated heterocycles. The predicted octanol–water partition coefficient (Wildman–Crippen LogP) is 3.43. The number of aliphatic hydroxyl groups is 1. The molecule has 0 amide bonds. The van der Waals surface area contributed by atoms with Gasteiger partial charge in [-0.3, -0.25) is 4.98 Å². The number of rotatable bonds is 8. The Bertz CT molecular complexity index is 1630. The summed E-state index contributed by atoms with van der Waals surface area (Å²) in [6.07, 6.45) is 4.94. The van der Waals surface area contributed by atoms with E-state index in [4.69, 9.17) is 9.18 Å². The molecule has 0 unspecified atom stereocenters. The van der Waals surface area contributed by atoms with Gasteiger partial charge in [0, 0.05) is 35.7 Å². The molecule has 0 saturated carbocycles. The molecule has 1 aliphatic heterocycles. The van der Waals surface area contributed by atoms with Crippen LogP contribution in [0.4, 0.5) is 17.3 Å². The highest BCUT2D eigenvalue weighted by Gasteiger charge is 2.42. The van der Waals surface area contributed by atoms with Gasteiger partial charge < -0.3 is 29.9 Å². The normalized spacial score (nSPS) is 14.6. The zero-order chi connectivity index (χ0) is 27.7. The third-order valence-electron chi connectivity index (χ3n) is 6.64. The van der Waals surface area contributed by atoms with Crippen molar-refractivity contribution in [2.24, 2.45) is 0 Å². The second-order valence-corrected chi connectivity index (χ2v) is 9.80. The molecule has 5 aromatic rings. The van der Waals surface area contributed by atoms with Gasteiger partial charge in [0.25, 0.3) is 5.89 Å². The van der Waals surface area contributed by atoms with Gasteiger partial charge in [-0.05, 0) is 37.6 Å². The van der Waals surface area contributed by atoms with Gasteiger partial charge in [0.2, 0.25) is 5.82 Å². The molecule has 4 N–H and O–H groups in total. The fourth-order valence-electron chi connectivity index (χ4n) is 4.62. The van der Waals surface area contributed by atoms with E-state index in [0.29, 0.717) is 39.9 Å². The Labute approximate surface area is 230 Å². The molecule has 1 atom stereocenters. The van der Waals surface area contributed by atoms with Gasteiger partial charge in [-0.25, -0.2) is 9.97 Å². The molecule has 0 radical (unpaired) electrons. The largest absolute Gasteiger partial charge is 0.493 e. The van der Waals surface area contributed by atoms with Crippen molar-refractivity contribution in [3.63, 3.8) is 0 Å². The number of hydrogen-bond acceptors (Lipinski definition) is 11. The van der Waals surface area contributed by atoms with Gasteiger partial charge in [0.1, 0.15) is 11.6 Å². The zero-order valence-corrected chi connectivity index (χ0v) is 21.8. The number of pyridine rings is 3. The van der Waals surface area contributed by atoms with Crippen LogP contribution in [-0.2, 0) is 10.3 Å². The molecule has 0 bridgehead atoms. The number of aromatic nitrogens is 5. The molecule has 12 heteroatoms. The van der Waals surface area contributed by atoms with Crippen molar-refractivity contribution < 1.29 is 19.3 Å². The van der Waals surface area contributed by atoms with Crippen LogP contribution in [0.25, 0.3) is 22.8 Å². The highest BCUT2D eigenvalue weighted by Crippen LogP contribution is 2.34. The Morgan fingerprint density at radius 1 is 1.00 bits per heavy atom. The number of aliphatic hydroxyl groups excluding tert-OH is 1. The first-order chi connectivity index (χ1) is 19.4. The van der Waals surface area contributed by atoms with Crippen LogP contribution in [0.15, 0.2) is 83.8 Å². The van der Waals surface area contributed by atoms with Crippen LogP contribution < -0.4 is 16.1 Å². The minimum absolute atomic E-state index is 0.148. The maximum Gasteiger partial charge on any atom is 0.493 e. The first-order valence-electron chi connectivity index (χ1n) is 12.7. The Morgan fingerprint density at radius 2 is 1.80 bits per heavy atom. The monoisotopic (exact) mass is 535 g/mol. The number of anilines is 3. The summed E-state index contributed by atoms with van der Waals surface area (Å²) in [5, 5.41) is 31.2. The Hall–Kier alpha value is -4.65. The van der Waals surface area contributed by atoms with Crippen LogP contribution in [0.5, 0.6) is 0 Å². The molecule has 5 heterocycles. The molecule has 1 aromatic carbocycles. The lowest BCUT2D eigenvalue weighted by Gasteiger charge is -2.20. The summed E-state index contributed by atoms with van der Waals surface area (Å²) < 4.78 is 11.2. The van der Waals surface area contributed by atoms with E-state index < -0.39 is 18.8 Å². The van der Waals surface area contributed by atoms with Crippen molar-refractivity contribution in [2.75, 3.05) is 17.2 Å². The van der Waals surface area contributed by atoms with E-state index in [1.54, 1.807) is 48.9 Å². The summed E-state index contributed by atoms with van der Waals surface area (Å²) in [6.45, 7) is 3.57. The summed E-state index contributed by atoms with van der Waals surface area (Å²) in [6, 6.07) is 18.2. The summed E-state index contributed by atoms with van der Waals surface area (Å²) >= 11 is 0. The van der Waals surface area contributed by atoms with Crippen molar-refractivity contribution in [1.29, 1.82) is 0 Å². The molecular formula is C28H26BN7O4. The fourth-order valence-corrected chi connectivity index (χ4v) is 4.62. The molecule has 0 spiro atoms. The van der Waals surface area contributed by atoms with Gasteiger partial charge in [-0.2, -0.15) is 4.98 Å². The highest BCUT2D eigenvalue weighted by molar-refractivity contribution is 6.61. The van der Waals surface area contributed by atoms with E-state index in [9.17, 15) is 10.1 Å². The van der Waals surface area contributed by atoms with Gasteiger partial charge in [0.15, 0.2) is 0 Å². The van der Waals surface area contributed by atoms with Crippen molar-refractivity contribution >= 4 is 29.9 Å². The average molecular weight is 535 g/mol. The lowest BCUT2D eigenvalue weighted by atomic mass is 9.80. The summed E-state index contributed by atoms with van der Waals surface area (Å²) in [4.78, 5) is 17.9. The van der Waals surface area contributed by atoms with E-state index in [2.05, 4.69) is 35.7 Å². The molecule has 40 heavy (non-hydrogen) atoms. The van der Waals surface area contributed by atoms with Crippen molar-refractivity contribution in [3.8, 4) is 22.8 Å². The van der Waals surface area contributed by atoms with Crippen LogP contribution in [0.2, 0.25) is 0 Å². The smallest absolute Gasteiger partial charge is 0.423 e. The molecule has 11 nitrogen and oxygen atoms in total. The molecule has 0 aliphatic carbocycles. The second-order valence-electron chi connectivity index (χ2n) is 9.80. The van der Waals surface area contributed by atoms with E-state index in [1.807, 2.05) is 44.2 Å². The quantitative estimate of drug-likeness (QED) is 0.216. The summed E-state index contributed by atoms with van der Waals surface area (Å²) in [5.41, 5.74) is 3.41. The number of hydrogen-bond donors (Lipinski definition) is 4. The maximum absolute atomic E-state index is 10.2. The SMILES string of the molecule is CC1(C)OB(O)c2ccc(Nc3cc(N[C@H](CO)c4ccccc4)c(-c4nc(-c5ccncc5)no4)cn3)nc21. The van der Waals surface area contributed by atoms with Crippen LogP contribution in [0, 0.1) is 0 Å². The van der Waals surface area contributed by atoms with E-state index in [0.717, 1.165) is 11.1 Å². The molecule has 200 valence electrons. The predicted molar refractivity (Wildman–Crippen MR) is 150 cm³/mol. The maximum atomic E-state index is 10.2. The standard InChI is InChI=1S/C28H26BN7O4/c1-28(2)25-20(29(38)40-28)8-9-23(34-25)33-24-14-21(32-22(16-37)17-6-4-3-5-7-17)19(15-31-24)27-35-26(36-39-27)18-10-12-30-13-11-18/h3-15,22,37-38H,16H2,1-2H3,(H2,31,32,33,34)/t22-/m1/s1. The van der Waals surface area contributed by atoms with Crippen LogP contribution >= 0.6 is 0 Å². The average Bonchev–Trinajstić information content (AvgIpc) is 3.55. The second kappa shape index (κ2) is 10.5. The molecular weight excluding hydrogens is 509 g/mol. The first kappa shape index (κ1) is 25.6. The summed E-state index contributed by atoms with van der Waals surface area (Å²) in [7, 11) is -1.01. The molecule has 4 aromatic heterocycles. The van der Waals surface area contributed by atoms with Crippen molar-refractivity contribution in [3.05, 3.63) is 90.5 Å². The summed E-state index contributed by atoms with van der Waals surface area (Å²) in [5.74, 6) is 1.72. The number of benzene rings is 1. The molecule has 6 rings (SSSR count). The lowest BCUT2D eigenvalue weighted by molar-refractivity contribution is 0.0970. The van der Waals surface area contributed by atoms with Gasteiger partial charge in [-0.1, -0.05) is 41.6 Å². The Balaban J connectivity index is 1.36. The van der Waals surface area contributed by atoms with Gasteiger partial charge in [0.05, 0.1) is 35.2 Å². The topological polar surface area (TPSA) is 151 Å². The first-order valence-corrected chi connectivity index (χ1v) is 12.7. The van der Waals surface area contributed by atoms with Gasteiger partial charge >= 0.3 is 7.12 Å². The zero-order valence-electron chi connectivity index (χ0n) is 21.8.